The van der Waals surface area contributed by atoms with Gasteiger partial charge in [0.25, 0.3) is 0 Å². The first kappa shape index (κ1) is 24.3. The standard InChI is InChI=1S/C27H34N8O2S/c1-2-20-16-34(10-11-35(20)9-1)15-19-12-29-24(30-13-19)33-26-31-14-23(38-26)22-5-8-28-25(32-22)37-21-3-6-27(7-4-21)17-36-18-27/h5,8,12-14,20-21H,1-4,6-7,9-11,15-18H2,(H,29,30,31,33). The van der Waals surface area contributed by atoms with Crippen LogP contribution in [0.2, 0.25) is 0 Å². The fourth-order valence-corrected chi connectivity index (χ4v) is 6.97. The summed E-state index contributed by atoms with van der Waals surface area (Å²) in [7, 11) is 0. The van der Waals surface area contributed by atoms with Gasteiger partial charge in [-0.15, -0.1) is 0 Å². The number of piperazine rings is 1. The molecule has 1 spiro atoms. The highest BCUT2D eigenvalue weighted by Gasteiger charge is 2.42. The third-order valence-electron chi connectivity index (χ3n) is 8.48. The van der Waals surface area contributed by atoms with Gasteiger partial charge in [-0.2, -0.15) is 4.98 Å². The van der Waals surface area contributed by atoms with Crippen molar-refractivity contribution < 1.29 is 9.47 Å². The number of aromatic nitrogens is 5. The maximum absolute atomic E-state index is 6.15. The van der Waals surface area contributed by atoms with Gasteiger partial charge in [0.15, 0.2) is 5.13 Å². The minimum Gasteiger partial charge on any atom is -0.460 e. The Morgan fingerprint density at radius 1 is 1.03 bits per heavy atom. The normalized spacial score (nSPS) is 23.7. The van der Waals surface area contributed by atoms with Gasteiger partial charge in [0.2, 0.25) is 5.95 Å². The van der Waals surface area contributed by atoms with Gasteiger partial charge in [-0.25, -0.2) is 19.9 Å². The van der Waals surface area contributed by atoms with Crippen molar-refractivity contribution in [3.8, 4) is 16.6 Å². The number of hydrogen-bond acceptors (Lipinski definition) is 11. The average molecular weight is 535 g/mol. The Morgan fingerprint density at radius 2 is 1.89 bits per heavy atom. The number of nitrogens with zero attached hydrogens (tertiary/aromatic N) is 7. The molecule has 1 saturated carbocycles. The molecule has 3 aromatic rings. The highest BCUT2D eigenvalue weighted by Crippen LogP contribution is 2.43. The molecule has 1 unspecified atom stereocenters. The lowest BCUT2D eigenvalue weighted by Crippen LogP contribution is -2.49. The molecule has 1 N–H and O–H groups in total. The van der Waals surface area contributed by atoms with Crippen LogP contribution in [0.25, 0.3) is 10.6 Å². The van der Waals surface area contributed by atoms with Crippen molar-refractivity contribution in [1.82, 2.24) is 34.7 Å². The molecule has 1 atom stereocenters. The van der Waals surface area contributed by atoms with E-state index in [1.807, 2.05) is 24.7 Å². The maximum atomic E-state index is 6.15. The number of fused-ring (bicyclic) bond motifs is 1. The summed E-state index contributed by atoms with van der Waals surface area (Å²) in [4.78, 5) is 28.7. The topological polar surface area (TPSA) is 101 Å². The Morgan fingerprint density at radius 3 is 2.71 bits per heavy atom. The highest BCUT2D eigenvalue weighted by atomic mass is 32.1. The molecule has 0 radical (unpaired) electrons. The molecule has 11 heteroatoms. The Labute approximate surface area is 226 Å². The zero-order valence-electron chi connectivity index (χ0n) is 21.6. The second kappa shape index (κ2) is 10.4. The van der Waals surface area contributed by atoms with Gasteiger partial charge in [-0.1, -0.05) is 11.3 Å². The van der Waals surface area contributed by atoms with Gasteiger partial charge >= 0.3 is 6.01 Å². The monoisotopic (exact) mass is 534 g/mol. The van der Waals surface area contributed by atoms with E-state index in [0.29, 0.717) is 17.4 Å². The quantitative estimate of drug-likeness (QED) is 0.482. The van der Waals surface area contributed by atoms with E-state index >= 15 is 0 Å². The molecule has 0 aromatic carbocycles. The Bertz CT molecular complexity index is 1240. The van der Waals surface area contributed by atoms with E-state index in [9.17, 15) is 0 Å². The predicted octanol–water partition coefficient (Wildman–Crippen LogP) is 3.75. The van der Waals surface area contributed by atoms with E-state index in [2.05, 4.69) is 40.0 Å². The third kappa shape index (κ3) is 5.25. The van der Waals surface area contributed by atoms with Crippen molar-refractivity contribution >= 4 is 22.4 Å². The van der Waals surface area contributed by atoms with Crippen molar-refractivity contribution in [1.29, 1.82) is 0 Å². The largest absolute Gasteiger partial charge is 0.460 e. The summed E-state index contributed by atoms with van der Waals surface area (Å²) < 4.78 is 11.6. The molecule has 3 aromatic heterocycles. The summed E-state index contributed by atoms with van der Waals surface area (Å²) in [5.41, 5.74) is 2.35. The third-order valence-corrected chi connectivity index (χ3v) is 9.41. The number of ether oxygens (including phenoxy) is 2. The Hall–Kier alpha value is -2.73. The molecule has 0 amide bonds. The van der Waals surface area contributed by atoms with Crippen LogP contribution in [0.15, 0.2) is 30.9 Å². The van der Waals surface area contributed by atoms with Crippen LogP contribution in [0, 0.1) is 5.41 Å². The van der Waals surface area contributed by atoms with Crippen LogP contribution in [-0.4, -0.2) is 86.3 Å². The number of nitrogens with one attached hydrogen (secondary N) is 1. The number of rotatable bonds is 7. The van der Waals surface area contributed by atoms with Crippen molar-refractivity contribution in [3.63, 3.8) is 0 Å². The molecule has 3 saturated heterocycles. The lowest BCUT2D eigenvalue weighted by Gasteiger charge is -2.45. The number of anilines is 2. The molecular weight excluding hydrogens is 500 g/mol. The van der Waals surface area contributed by atoms with Crippen LogP contribution in [0.4, 0.5) is 11.1 Å². The van der Waals surface area contributed by atoms with E-state index in [0.717, 1.165) is 85.8 Å². The molecule has 3 aliphatic heterocycles. The summed E-state index contributed by atoms with van der Waals surface area (Å²) in [5.74, 6) is 0.550. The Balaban J connectivity index is 0.937. The molecule has 7 rings (SSSR count). The Kier molecular flexibility index (Phi) is 6.68. The minimum atomic E-state index is 0.169. The highest BCUT2D eigenvalue weighted by molar-refractivity contribution is 7.18. The minimum absolute atomic E-state index is 0.169. The van der Waals surface area contributed by atoms with Crippen LogP contribution in [0.3, 0.4) is 0 Å². The fourth-order valence-electron chi connectivity index (χ4n) is 6.19. The molecule has 6 heterocycles. The SMILES string of the molecule is c1cc(-c2cnc(Nc3ncc(CN4CCN5CCCC5C4)cn3)s2)nc(OC2CCC3(CC2)COC3)n1. The van der Waals surface area contributed by atoms with Crippen LogP contribution < -0.4 is 10.1 Å². The van der Waals surface area contributed by atoms with Gasteiger partial charge in [-0.3, -0.25) is 9.80 Å². The average Bonchev–Trinajstić information content (AvgIpc) is 3.59. The van der Waals surface area contributed by atoms with Crippen molar-refractivity contribution in [2.75, 3.05) is 44.7 Å². The first-order valence-corrected chi connectivity index (χ1v) is 14.6. The summed E-state index contributed by atoms with van der Waals surface area (Å²) in [6, 6.07) is 3.05. The molecule has 38 heavy (non-hydrogen) atoms. The number of hydrogen-bond donors (Lipinski definition) is 1. The summed E-state index contributed by atoms with van der Waals surface area (Å²) >= 11 is 1.51. The summed E-state index contributed by atoms with van der Waals surface area (Å²) in [5, 5.41) is 3.96. The lowest BCUT2D eigenvalue weighted by molar-refractivity contribution is -0.140. The van der Waals surface area contributed by atoms with E-state index in [1.165, 1.54) is 37.3 Å². The second-order valence-electron chi connectivity index (χ2n) is 11.2. The smallest absolute Gasteiger partial charge is 0.317 e. The van der Waals surface area contributed by atoms with Gasteiger partial charge < -0.3 is 14.8 Å². The maximum Gasteiger partial charge on any atom is 0.317 e. The van der Waals surface area contributed by atoms with Crippen molar-refractivity contribution in [2.45, 2.75) is 57.2 Å². The van der Waals surface area contributed by atoms with Gasteiger partial charge in [0, 0.05) is 68.0 Å². The predicted molar refractivity (Wildman–Crippen MR) is 144 cm³/mol. The molecule has 0 bridgehead atoms. The lowest BCUT2D eigenvalue weighted by atomic mass is 9.72. The van der Waals surface area contributed by atoms with Crippen molar-refractivity contribution in [3.05, 3.63) is 36.4 Å². The van der Waals surface area contributed by atoms with Crippen LogP contribution in [-0.2, 0) is 11.3 Å². The zero-order valence-corrected chi connectivity index (χ0v) is 22.4. The van der Waals surface area contributed by atoms with Crippen LogP contribution in [0.1, 0.15) is 44.1 Å². The number of thiazole rings is 1. The summed E-state index contributed by atoms with van der Waals surface area (Å²) in [6.45, 7) is 7.42. The summed E-state index contributed by atoms with van der Waals surface area (Å²) in [6.07, 6.45) is 14.6. The molecular formula is C27H34N8O2S. The first-order valence-electron chi connectivity index (χ1n) is 13.8. The van der Waals surface area contributed by atoms with E-state index in [-0.39, 0.29) is 6.10 Å². The van der Waals surface area contributed by atoms with Crippen molar-refractivity contribution in [2.24, 2.45) is 5.41 Å². The van der Waals surface area contributed by atoms with Crippen LogP contribution >= 0.6 is 11.3 Å². The van der Waals surface area contributed by atoms with E-state index in [4.69, 9.17) is 9.47 Å². The van der Waals surface area contributed by atoms with Crippen LogP contribution in [0.5, 0.6) is 6.01 Å². The zero-order chi connectivity index (χ0) is 25.4. The first-order chi connectivity index (χ1) is 18.7. The molecule has 200 valence electrons. The van der Waals surface area contributed by atoms with E-state index < -0.39 is 0 Å². The fraction of sp³-hybridized carbons (Fsp3) is 0.593. The molecule has 10 nitrogen and oxygen atoms in total. The van der Waals surface area contributed by atoms with Gasteiger partial charge in [-0.05, 0) is 51.1 Å². The molecule has 4 aliphatic rings. The van der Waals surface area contributed by atoms with Gasteiger partial charge in [0.05, 0.1) is 23.8 Å². The molecule has 1 aliphatic carbocycles. The van der Waals surface area contributed by atoms with Gasteiger partial charge in [0.1, 0.15) is 6.10 Å². The molecule has 4 fully saturated rings. The van der Waals surface area contributed by atoms with E-state index in [1.54, 1.807) is 6.20 Å². The second-order valence-corrected chi connectivity index (χ2v) is 12.2.